The van der Waals surface area contributed by atoms with Crippen LogP contribution in [0.1, 0.15) is 21.5 Å². The van der Waals surface area contributed by atoms with Gasteiger partial charge in [-0.1, -0.05) is 30.3 Å². The van der Waals surface area contributed by atoms with Crippen molar-refractivity contribution in [3.8, 4) is 0 Å². The number of para-hydroxylation sites is 2. The van der Waals surface area contributed by atoms with Gasteiger partial charge in [-0.15, -0.1) is 0 Å². The minimum Gasteiger partial charge on any atom is -0.466 e. The molecule has 0 spiro atoms. The number of esters is 1. The molecule has 2 aromatic rings. The van der Waals surface area contributed by atoms with Crippen molar-refractivity contribution in [2.75, 3.05) is 37.4 Å². The summed E-state index contributed by atoms with van der Waals surface area (Å²) >= 11 is 0. The van der Waals surface area contributed by atoms with E-state index >= 15 is 0 Å². The van der Waals surface area contributed by atoms with Crippen LogP contribution in [0.25, 0.3) is 0 Å². The molecule has 0 fully saturated rings. The summed E-state index contributed by atoms with van der Waals surface area (Å²) in [4.78, 5) is 39.4. The molecule has 3 N–H and O–H groups in total. The predicted octanol–water partition coefficient (Wildman–Crippen LogP) is 2.23. The first-order valence-corrected chi connectivity index (χ1v) is 9.82. The molecular weight excluding hydrogens is 398 g/mol. The van der Waals surface area contributed by atoms with Crippen molar-refractivity contribution in [1.82, 2.24) is 4.90 Å². The van der Waals surface area contributed by atoms with Crippen LogP contribution in [-0.2, 0) is 14.3 Å². The van der Waals surface area contributed by atoms with Gasteiger partial charge >= 0.3 is 5.97 Å². The first-order chi connectivity index (χ1) is 14.9. The molecule has 0 radical (unpaired) electrons. The second kappa shape index (κ2) is 9.44. The number of hydrogen-bond acceptors (Lipinski definition) is 6. The highest BCUT2D eigenvalue weighted by Gasteiger charge is 2.35. The number of aliphatic hydroxyl groups excluding tert-OH is 1. The lowest BCUT2D eigenvalue weighted by atomic mass is 10.1. The van der Waals surface area contributed by atoms with Crippen LogP contribution in [0.5, 0.6) is 0 Å². The maximum Gasteiger partial charge on any atom is 0.337 e. The number of hydrogen-bond donors (Lipinski definition) is 3. The molecule has 162 valence electrons. The molecule has 8 nitrogen and oxygen atoms in total. The lowest BCUT2D eigenvalue weighted by molar-refractivity contribution is -0.136. The molecule has 2 aromatic carbocycles. The zero-order valence-electron chi connectivity index (χ0n) is 17.7. The van der Waals surface area contributed by atoms with Crippen LogP contribution in [0, 0.1) is 13.8 Å². The van der Waals surface area contributed by atoms with Crippen LogP contribution in [0.3, 0.4) is 0 Å². The standard InChI is InChI=1S/C23H25N3O5/c1-14-7-6-8-15(2)19(14)25-21(28)16-9-4-5-10-18(16)24-20-17(23(30)31-3)13-26(11-12-27)22(20)29/h4-10,24,27H,11-13H2,1-3H3,(H,25,28). The van der Waals surface area contributed by atoms with Gasteiger partial charge in [0.05, 0.1) is 37.1 Å². The van der Waals surface area contributed by atoms with E-state index in [2.05, 4.69) is 10.6 Å². The van der Waals surface area contributed by atoms with Crippen molar-refractivity contribution in [3.05, 3.63) is 70.4 Å². The van der Waals surface area contributed by atoms with Crippen molar-refractivity contribution < 1.29 is 24.2 Å². The van der Waals surface area contributed by atoms with E-state index in [1.807, 2.05) is 32.0 Å². The molecule has 0 unspecified atom stereocenters. The fourth-order valence-corrected chi connectivity index (χ4v) is 3.47. The highest BCUT2D eigenvalue weighted by atomic mass is 16.5. The Labute approximate surface area is 180 Å². The van der Waals surface area contributed by atoms with Gasteiger partial charge < -0.3 is 25.4 Å². The number of aliphatic hydroxyl groups is 1. The van der Waals surface area contributed by atoms with Crippen molar-refractivity contribution in [1.29, 1.82) is 0 Å². The summed E-state index contributed by atoms with van der Waals surface area (Å²) in [5, 5.41) is 15.1. The highest BCUT2D eigenvalue weighted by molar-refractivity contribution is 6.12. The van der Waals surface area contributed by atoms with Gasteiger partial charge in [0.15, 0.2) is 0 Å². The van der Waals surface area contributed by atoms with Crippen molar-refractivity contribution in [2.45, 2.75) is 13.8 Å². The maximum atomic E-state index is 13.0. The molecule has 0 atom stereocenters. The third kappa shape index (κ3) is 4.59. The van der Waals surface area contributed by atoms with Crippen molar-refractivity contribution in [3.63, 3.8) is 0 Å². The Balaban J connectivity index is 1.93. The molecule has 0 saturated carbocycles. The lowest BCUT2D eigenvalue weighted by Crippen LogP contribution is -2.31. The second-order valence-electron chi connectivity index (χ2n) is 7.19. The zero-order valence-corrected chi connectivity index (χ0v) is 17.7. The number of nitrogens with one attached hydrogen (secondary N) is 2. The number of anilines is 2. The zero-order chi connectivity index (χ0) is 22.5. The van der Waals surface area contributed by atoms with E-state index in [9.17, 15) is 19.5 Å². The second-order valence-corrected chi connectivity index (χ2v) is 7.19. The van der Waals surface area contributed by atoms with Crippen molar-refractivity contribution in [2.24, 2.45) is 0 Å². The fourth-order valence-electron chi connectivity index (χ4n) is 3.47. The summed E-state index contributed by atoms with van der Waals surface area (Å²) in [5.41, 5.74) is 3.46. The van der Waals surface area contributed by atoms with Gasteiger partial charge in [0, 0.05) is 12.2 Å². The molecule has 1 aliphatic rings. The van der Waals surface area contributed by atoms with Crippen LogP contribution in [0.15, 0.2) is 53.7 Å². The smallest absolute Gasteiger partial charge is 0.337 e. The number of carbonyl (C=O) groups excluding carboxylic acids is 3. The van der Waals surface area contributed by atoms with Crippen LogP contribution >= 0.6 is 0 Å². The average Bonchev–Trinajstić information content (AvgIpc) is 3.06. The van der Waals surface area contributed by atoms with Crippen LogP contribution in [-0.4, -0.2) is 54.6 Å². The Morgan fingerprint density at radius 2 is 1.77 bits per heavy atom. The van der Waals surface area contributed by atoms with Crippen LogP contribution in [0.4, 0.5) is 11.4 Å². The molecule has 1 aliphatic heterocycles. The molecule has 3 rings (SSSR count). The number of aryl methyl sites for hydroxylation is 2. The number of ether oxygens (including phenoxy) is 1. The topological polar surface area (TPSA) is 108 Å². The summed E-state index contributed by atoms with van der Waals surface area (Å²) < 4.78 is 4.80. The van der Waals surface area contributed by atoms with E-state index in [1.165, 1.54) is 12.0 Å². The number of nitrogens with zero attached hydrogens (tertiary/aromatic N) is 1. The number of methoxy groups -OCH3 is 1. The third-order valence-electron chi connectivity index (χ3n) is 5.10. The molecule has 1 heterocycles. The van der Waals surface area contributed by atoms with E-state index in [0.717, 1.165) is 16.8 Å². The Morgan fingerprint density at radius 3 is 2.42 bits per heavy atom. The van der Waals surface area contributed by atoms with Gasteiger partial charge in [-0.3, -0.25) is 9.59 Å². The first-order valence-electron chi connectivity index (χ1n) is 9.82. The monoisotopic (exact) mass is 423 g/mol. The number of carbonyl (C=O) groups is 3. The Morgan fingerprint density at radius 1 is 1.10 bits per heavy atom. The minimum absolute atomic E-state index is 0.0190. The number of amides is 2. The van der Waals surface area contributed by atoms with E-state index in [-0.39, 0.29) is 36.9 Å². The Kier molecular flexibility index (Phi) is 6.71. The summed E-state index contributed by atoms with van der Waals surface area (Å²) in [6.45, 7) is 3.69. The quantitative estimate of drug-likeness (QED) is 0.590. The average molecular weight is 423 g/mol. The fraction of sp³-hybridized carbons (Fsp3) is 0.261. The minimum atomic E-state index is -0.645. The molecule has 31 heavy (non-hydrogen) atoms. The van der Waals surface area contributed by atoms with E-state index < -0.39 is 11.9 Å². The normalized spacial score (nSPS) is 13.4. The largest absolute Gasteiger partial charge is 0.466 e. The Bertz CT molecular complexity index is 1040. The molecule has 0 aliphatic carbocycles. The summed E-state index contributed by atoms with van der Waals surface area (Å²) in [5.74, 6) is -1.44. The molecule has 8 heteroatoms. The van der Waals surface area contributed by atoms with Gasteiger partial charge in [0.25, 0.3) is 11.8 Å². The van der Waals surface area contributed by atoms with Crippen molar-refractivity contribution >= 4 is 29.2 Å². The molecule has 2 amide bonds. The number of rotatable bonds is 7. The SMILES string of the molecule is COC(=O)C1=C(Nc2ccccc2C(=O)Nc2c(C)cccc2C)C(=O)N(CCO)C1. The molecule has 0 aromatic heterocycles. The van der Waals surface area contributed by atoms with Gasteiger partial charge in [-0.05, 0) is 37.1 Å². The maximum absolute atomic E-state index is 13.0. The highest BCUT2D eigenvalue weighted by Crippen LogP contribution is 2.26. The van der Waals surface area contributed by atoms with E-state index in [4.69, 9.17) is 4.74 Å². The summed E-state index contributed by atoms with van der Waals surface area (Å²) in [7, 11) is 1.23. The number of benzene rings is 2. The van der Waals surface area contributed by atoms with Gasteiger partial charge in [-0.2, -0.15) is 0 Å². The molecular formula is C23H25N3O5. The van der Waals surface area contributed by atoms with E-state index in [1.54, 1.807) is 24.3 Å². The van der Waals surface area contributed by atoms with Gasteiger partial charge in [-0.25, -0.2) is 4.79 Å². The van der Waals surface area contributed by atoms with Crippen LogP contribution < -0.4 is 10.6 Å². The number of β-amino-alcohol motifs (C(OH)–C–C–N with tert-alkyl or cyclic N) is 1. The third-order valence-corrected chi connectivity index (χ3v) is 5.10. The van der Waals surface area contributed by atoms with Gasteiger partial charge in [0.1, 0.15) is 5.70 Å². The summed E-state index contributed by atoms with van der Waals surface area (Å²) in [6.07, 6.45) is 0. The van der Waals surface area contributed by atoms with E-state index in [0.29, 0.717) is 11.3 Å². The molecule has 0 bridgehead atoms. The summed E-state index contributed by atoms with van der Waals surface area (Å²) in [6, 6.07) is 12.5. The lowest BCUT2D eigenvalue weighted by Gasteiger charge is -2.17. The van der Waals surface area contributed by atoms with Crippen LogP contribution in [0.2, 0.25) is 0 Å². The first kappa shape index (κ1) is 22.0. The van der Waals surface area contributed by atoms with Gasteiger partial charge in [0.2, 0.25) is 0 Å². The molecule has 0 saturated heterocycles. The Hall–Kier alpha value is -3.65. The predicted molar refractivity (Wildman–Crippen MR) is 117 cm³/mol.